The van der Waals surface area contributed by atoms with Gasteiger partial charge in [-0.25, -0.2) is 4.98 Å². The third-order valence-electron chi connectivity index (χ3n) is 2.84. The number of nitrogens with one attached hydrogen (secondary N) is 1. The monoisotopic (exact) mass is 224 g/mol. The molecule has 1 aliphatic heterocycles. The Morgan fingerprint density at radius 1 is 1.60 bits per heavy atom. The molecule has 4 heteroatoms. The molecule has 1 aliphatic rings. The zero-order chi connectivity index (χ0) is 10.7. The molecule has 0 radical (unpaired) electrons. The fourth-order valence-electron chi connectivity index (χ4n) is 1.94. The van der Waals surface area contributed by atoms with E-state index in [-0.39, 0.29) is 5.78 Å². The molecule has 0 unspecified atom stereocenters. The molecule has 82 valence electrons. The van der Waals surface area contributed by atoms with E-state index in [0.29, 0.717) is 18.0 Å². The molecule has 1 aromatic rings. The second-order valence-electron chi connectivity index (χ2n) is 4.07. The highest BCUT2D eigenvalue weighted by Crippen LogP contribution is 2.19. The highest BCUT2D eigenvalue weighted by Gasteiger charge is 2.18. The number of aromatic nitrogens is 1. The summed E-state index contributed by atoms with van der Waals surface area (Å²) in [6.45, 7) is 4.04. The molecule has 2 heterocycles. The lowest BCUT2D eigenvalue weighted by molar-refractivity contribution is 0.0948. The first-order valence-electron chi connectivity index (χ1n) is 5.42. The van der Waals surface area contributed by atoms with Crippen LogP contribution in [-0.2, 0) is 0 Å². The quantitative estimate of drug-likeness (QED) is 0.799. The Labute approximate surface area is 93.9 Å². The van der Waals surface area contributed by atoms with E-state index in [1.165, 1.54) is 0 Å². The predicted molar refractivity (Wildman–Crippen MR) is 61.4 cm³/mol. The van der Waals surface area contributed by atoms with Crippen LogP contribution >= 0.6 is 11.3 Å². The fourth-order valence-corrected chi connectivity index (χ4v) is 2.56. The number of carbonyl (C=O) groups excluding carboxylic acids is 1. The van der Waals surface area contributed by atoms with Crippen LogP contribution in [0.5, 0.6) is 0 Å². The number of piperidine rings is 1. The van der Waals surface area contributed by atoms with Gasteiger partial charge in [-0.2, -0.15) is 0 Å². The lowest BCUT2D eigenvalue weighted by atomic mass is 9.92. The first-order chi connectivity index (χ1) is 7.25. The maximum Gasteiger partial charge on any atom is 0.182 e. The molecule has 0 spiro atoms. The third kappa shape index (κ3) is 2.86. The highest BCUT2D eigenvalue weighted by atomic mass is 32.1. The van der Waals surface area contributed by atoms with Crippen LogP contribution in [0.15, 0.2) is 5.38 Å². The maximum atomic E-state index is 11.8. The zero-order valence-corrected chi connectivity index (χ0v) is 9.77. The number of hydrogen-bond acceptors (Lipinski definition) is 4. The van der Waals surface area contributed by atoms with Crippen molar-refractivity contribution < 1.29 is 4.79 Å². The number of ketones is 1. The van der Waals surface area contributed by atoms with E-state index in [1.54, 1.807) is 11.3 Å². The molecular weight excluding hydrogens is 208 g/mol. The molecule has 0 bridgehead atoms. The molecule has 0 aromatic carbocycles. The Morgan fingerprint density at radius 2 is 2.33 bits per heavy atom. The van der Waals surface area contributed by atoms with Gasteiger partial charge in [-0.15, -0.1) is 11.3 Å². The number of Topliss-reactive ketones (excluding diaryl/α,β-unsaturated/α-hetero) is 1. The van der Waals surface area contributed by atoms with Crippen LogP contribution in [0.25, 0.3) is 0 Å². The molecule has 2 rings (SSSR count). The van der Waals surface area contributed by atoms with E-state index in [2.05, 4.69) is 10.3 Å². The lowest BCUT2D eigenvalue weighted by Crippen LogP contribution is -2.28. The Morgan fingerprint density at radius 3 is 2.93 bits per heavy atom. The van der Waals surface area contributed by atoms with Gasteiger partial charge >= 0.3 is 0 Å². The molecule has 0 saturated carbocycles. The molecule has 1 aromatic heterocycles. The van der Waals surface area contributed by atoms with Crippen LogP contribution < -0.4 is 5.32 Å². The Balaban J connectivity index is 1.91. The van der Waals surface area contributed by atoms with Crippen LogP contribution in [0.3, 0.4) is 0 Å². The van der Waals surface area contributed by atoms with Gasteiger partial charge in [0, 0.05) is 11.8 Å². The van der Waals surface area contributed by atoms with Crippen molar-refractivity contribution in [1.82, 2.24) is 10.3 Å². The number of thiazole rings is 1. The maximum absolute atomic E-state index is 11.8. The summed E-state index contributed by atoms with van der Waals surface area (Å²) in [6, 6.07) is 0. The third-order valence-corrected chi connectivity index (χ3v) is 3.61. The molecule has 3 nitrogen and oxygen atoms in total. The van der Waals surface area contributed by atoms with Gasteiger partial charge in [0.2, 0.25) is 0 Å². The summed E-state index contributed by atoms with van der Waals surface area (Å²) >= 11 is 1.55. The summed E-state index contributed by atoms with van der Waals surface area (Å²) in [4.78, 5) is 16.1. The standard InChI is InChI=1S/C11H16N2OS/c1-8-13-10(7-15-8)11(14)6-9-2-4-12-5-3-9/h7,9,12H,2-6H2,1H3. The van der Waals surface area contributed by atoms with Crippen molar-refractivity contribution >= 4 is 17.1 Å². The normalized spacial score (nSPS) is 17.9. The van der Waals surface area contributed by atoms with Crippen LogP contribution in [-0.4, -0.2) is 23.9 Å². The van der Waals surface area contributed by atoms with Crippen molar-refractivity contribution in [2.45, 2.75) is 26.2 Å². The van der Waals surface area contributed by atoms with Gasteiger partial charge in [-0.1, -0.05) is 0 Å². The molecular formula is C11H16N2OS. The topological polar surface area (TPSA) is 42.0 Å². The van der Waals surface area contributed by atoms with E-state index in [4.69, 9.17) is 0 Å². The minimum absolute atomic E-state index is 0.214. The van der Waals surface area contributed by atoms with Gasteiger partial charge < -0.3 is 5.32 Å². The minimum atomic E-state index is 0.214. The zero-order valence-electron chi connectivity index (χ0n) is 8.95. The molecule has 1 fully saturated rings. The largest absolute Gasteiger partial charge is 0.317 e. The number of rotatable bonds is 3. The second kappa shape index (κ2) is 4.86. The predicted octanol–water partition coefficient (Wildman–Crippen LogP) is 2.02. The van der Waals surface area contributed by atoms with Gasteiger partial charge in [-0.05, 0) is 38.8 Å². The molecule has 1 N–H and O–H groups in total. The number of carbonyl (C=O) groups is 1. The van der Waals surface area contributed by atoms with Gasteiger partial charge in [0.1, 0.15) is 5.69 Å². The molecule has 15 heavy (non-hydrogen) atoms. The smallest absolute Gasteiger partial charge is 0.182 e. The first-order valence-corrected chi connectivity index (χ1v) is 6.29. The van der Waals surface area contributed by atoms with E-state index in [9.17, 15) is 4.79 Å². The van der Waals surface area contributed by atoms with Gasteiger partial charge in [-0.3, -0.25) is 4.79 Å². The van der Waals surface area contributed by atoms with Crippen LogP contribution in [0.1, 0.15) is 34.8 Å². The van der Waals surface area contributed by atoms with Crippen molar-refractivity contribution in [3.05, 3.63) is 16.1 Å². The summed E-state index contributed by atoms with van der Waals surface area (Å²) < 4.78 is 0. The number of nitrogens with zero attached hydrogens (tertiary/aromatic N) is 1. The van der Waals surface area contributed by atoms with Crippen molar-refractivity contribution in [2.24, 2.45) is 5.92 Å². The summed E-state index contributed by atoms with van der Waals surface area (Å²) in [5.41, 5.74) is 0.663. The summed E-state index contributed by atoms with van der Waals surface area (Å²) in [6.07, 6.45) is 2.91. The van der Waals surface area contributed by atoms with E-state index >= 15 is 0 Å². The van der Waals surface area contributed by atoms with Gasteiger partial charge in [0.15, 0.2) is 5.78 Å². The SMILES string of the molecule is Cc1nc(C(=O)CC2CCNCC2)cs1. The Hall–Kier alpha value is -0.740. The number of aryl methyl sites for hydroxylation is 1. The molecule has 1 saturated heterocycles. The minimum Gasteiger partial charge on any atom is -0.317 e. The lowest BCUT2D eigenvalue weighted by Gasteiger charge is -2.21. The van der Waals surface area contributed by atoms with Gasteiger partial charge in [0.05, 0.1) is 5.01 Å². The second-order valence-corrected chi connectivity index (χ2v) is 5.13. The van der Waals surface area contributed by atoms with E-state index in [1.807, 2.05) is 12.3 Å². The fraction of sp³-hybridized carbons (Fsp3) is 0.636. The van der Waals surface area contributed by atoms with E-state index < -0.39 is 0 Å². The summed E-state index contributed by atoms with van der Waals surface area (Å²) in [5.74, 6) is 0.770. The van der Waals surface area contributed by atoms with Crippen molar-refractivity contribution in [2.75, 3.05) is 13.1 Å². The van der Waals surface area contributed by atoms with Crippen LogP contribution in [0.2, 0.25) is 0 Å². The average Bonchev–Trinajstić information content (AvgIpc) is 2.66. The van der Waals surface area contributed by atoms with Gasteiger partial charge in [0.25, 0.3) is 0 Å². The summed E-state index contributed by atoms with van der Waals surface area (Å²) in [5, 5.41) is 6.16. The highest BCUT2D eigenvalue weighted by molar-refractivity contribution is 7.09. The van der Waals surface area contributed by atoms with Crippen LogP contribution in [0, 0.1) is 12.8 Å². The molecule has 0 amide bonds. The molecule has 0 atom stereocenters. The molecule has 0 aliphatic carbocycles. The van der Waals surface area contributed by atoms with Crippen molar-refractivity contribution in [1.29, 1.82) is 0 Å². The van der Waals surface area contributed by atoms with E-state index in [0.717, 1.165) is 30.9 Å². The average molecular weight is 224 g/mol. The Bertz CT molecular complexity index is 342. The number of hydrogen-bond donors (Lipinski definition) is 1. The van der Waals surface area contributed by atoms with Crippen molar-refractivity contribution in [3.8, 4) is 0 Å². The summed E-state index contributed by atoms with van der Waals surface area (Å²) in [7, 11) is 0. The van der Waals surface area contributed by atoms with Crippen LogP contribution in [0.4, 0.5) is 0 Å². The van der Waals surface area contributed by atoms with Crippen molar-refractivity contribution in [3.63, 3.8) is 0 Å². The first kappa shape index (κ1) is 10.8. The Kier molecular flexibility index (Phi) is 3.49.